The van der Waals surface area contributed by atoms with Crippen LogP contribution in [0, 0.1) is 23.2 Å². The van der Waals surface area contributed by atoms with Crippen LogP contribution in [-0.2, 0) is 4.74 Å². The minimum Gasteiger partial charge on any atom is -0.392 e. The highest BCUT2D eigenvalue weighted by molar-refractivity contribution is 5.30. The molecular formula is C15H24O3. The van der Waals surface area contributed by atoms with Crippen LogP contribution < -0.4 is 0 Å². The maximum atomic E-state index is 10.7. The Hall–Kier alpha value is -0.380. The van der Waals surface area contributed by atoms with E-state index >= 15 is 0 Å². The molecule has 0 aromatic carbocycles. The molecule has 3 rings (SSSR count). The van der Waals surface area contributed by atoms with Gasteiger partial charge >= 0.3 is 0 Å². The molecule has 1 heterocycles. The first kappa shape index (κ1) is 12.6. The van der Waals surface area contributed by atoms with Crippen LogP contribution in [0.25, 0.3) is 0 Å². The fourth-order valence-electron chi connectivity index (χ4n) is 4.33. The van der Waals surface area contributed by atoms with E-state index < -0.39 is 5.79 Å². The van der Waals surface area contributed by atoms with E-state index in [4.69, 9.17) is 4.74 Å². The zero-order valence-electron chi connectivity index (χ0n) is 11.6. The molecule has 0 aromatic rings. The van der Waals surface area contributed by atoms with Crippen molar-refractivity contribution in [3.63, 3.8) is 0 Å². The Kier molecular flexibility index (Phi) is 2.68. The van der Waals surface area contributed by atoms with Gasteiger partial charge in [-0.15, -0.1) is 0 Å². The molecule has 4 atom stereocenters. The number of fused-ring (bicyclic) bond motifs is 3. The molecule has 1 aliphatic heterocycles. The Balaban J connectivity index is 2.08. The van der Waals surface area contributed by atoms with Crippen LogP contribution in [0.5, 0.6) is 0 Å². The van der Waals surface area contributed by atoms with E-state index in [0.717, 1.165) is 18.4 Å². The lowest BCUT2D eigenvalue weighted by Gasteiger charge is -2.33. The van der Waals surface area contributed by atoms with Gasteiger partial charge in [-0.3, -0.25) is 0 Å². The van der Waals surface area contributed by atoms with Gasteiger partial charge in [-0.1, -0.05) is 26.3 Å². The lowest BCUT2D eigenvalue weighted by Crippen LogP contribution is -2.39. The summed E-state index contributed by atoms with van der Waals surface area (Å²) in [4.78, 5) is 0. The summed E-state index contributed by atoms with van der Waals surface area (Å²) >= 11 is 0. The first-order chi connectivity index (χ1) is 8.36. The van der Waals surface area contributed by atoms with Crippen molar-refractivity contribution >= 4 is 0 Å². The number of aliphatic hydroxyl groups excluding tert-OH is 1. The standard InChI is InChI=1S/C15H24O3/c1-9-11-5-14(2,3)6-12(11)13(7-16)10-4-15(9,17)18-8-10/h9-11,16-17H,4-8H2,1-3H3/t9-,10-,11+,15-/m1/s1. The molecule has 1 saturated heterocycles. The van der Waals surface area contributed by atoms with Crippen molar-refractivity contribution in [2.45, 2.75) is 45.8 Å². The van der Waals surface area contributed by atoms with Crippen molar-refractivity contribution in [1.29, 1.82) is 0 Å². The van der Waals surface area contributed by atoms with Crippen molar-refractivity contribution in [2.75, 3.05) is 13.2 Å². The number of aliphatic hydroxyl groups is 2. The van der Waals surface area contributed by atoms with Crippen molar-refractivity contribution in [3.05, 3.63) is 11.1 Å². The van der Waals surface area contributed by atoms with Crippen molar-refractivity contribution in [1.82, 2.24) is 0 Å². The molecular weight excluding hydrogens is 228 g/mol. The summed E-state index contributed by atoms with van der Waals surface area (Å²) in [6.07, 6.45) is 2.81. The van der Waals surface area contributed by atoms with Crippen LogP contribution in [0.2, 0.25) is 0 Å². The minimum absolute atomic E-state index is 0.124. The van der Waals surface area contributed by atoms with Gasteiger partial charge in [-0.2, -0.15) is 0 Å². The number of hydrogen-bond donors (Lipinski definition) is 2. The molecule has 18 heavy (non-hydrogen) atoms. The number of ether oxygens (including phenoxy) is 1. The van der Waals surface area contributed by atoms with Crippen molar-refractivity contribution in [3.8, 4) is 0 Å². The molecule has 2 aliphatic carbocycles. The third kappa shape index (κ3) is 1.68. The minimum atomic E-state index is -0.974. The molecule has 2 fully saturated rings. The van der Waals surface area contributed by atoms with Gasteiger partial charge in [0.05, 0.1) is 13.2 Å². The summed E-state index contributed by atoms with van der Waals surface area (Å²) in [6, 6.07) is 0. The second-order valence-corrected chi connectivity index (χ2v) is 7.21. The average Bonchev–Trinajstić information content (AvgIpc) is 2.79. The van der Waals surface area contributed by atoms with Crippen LogP contribution in [0.15, 0.2) is 11.1 Å². The summed E-state index contributed by atoms with van der Waals surface area (Å²) in [5.74, 6) is -0.255. The van der Waals surface area contributed by atoms with E-state index in [2.05, 4.69) is 20.8 Å². The fourth-order valence-corrected chi connectivity index (χ4v) is 4.33. The predicted octanol–water partition coefficient (Wildman–Crippen LogP) is 2.09. The highest BCUT2D eigenvalue weighted by atomic mass is 16.6. The monoisotopic (exact) mass is 252 g/mol. The molecule has 3 heteroatoms. The van der Waals surface area contributed by atoms with Gasteiger partial charge in [0.1, 0.15) is 0 Å². The molecule has 2 N–H and O–H groups in total. The first-order valence-electron chi connectivity index (χ1n) is 7.05. The lowest BCUT2D eigenvalue weighted by molar-refractivity contribution is -0.212. The van der Waals surface area contributed by atoms with E-state index in [1.807, 2.05) is 0 Å². The second kappa shape index (κ2) is 3.81. The molecule has 3 aliphatic rings. The van der Waals surface area contributed by atoms with Gasteiger partial charge in [0.15, 0.2) is 5.79 Å². The van der Waals surface area contributed by atoms with Crippen LogP contribution in [-0.4, -0.2) is 29.2 Å². The highest BCUT2D eigenvalue weighted by Crippen LogP contribution is 2.56. The Morgan fingerprint density at radius 3 is 2.72 bits per heavy atom. The average molecular weight is 252 g/mol. The van der Waals surface area contributed by atoms with Gasteiger partial charge in [0.2, 0.25) is 0 Å². The van der Waals surface area contributed by atoms with E-state index in [1.54, 1.807) is 0 Å². The second-order valence-electron chi connectivity index (χ2n) is 7.21. The Morgan fingerprint density at radius 2 is 2.06 bits per heavy atom. The number of hydrogen-bond acceptors (Lipinski definition) is 3. The molecule has 2 bridgehead atoms. The highest BCUT2D eigenvalue weighted by Gasteiger charge is 2.54. The summed E-state index contributed by atoms with van der Waals surface area (Å²) in [6.45, 7) is 7.35. The summed E-state index contributed by atoms with van der Waals surface area (Å²) in [5.41, 5.74) is 2.85. The summed E-state index contributed by atoms with van der Waals surface area (Å²) < 4.78 is 5.68. The van der Waals surface area contributed by atoms with Gasteiger partial charge in [0, 0.05) is 18.3 Å². The molecule has 0 aromatic heterocycles. The lowest BCUT2D eigenvalue weighted by atomic mass is 9.81. The molecule has 0 amide bonds. The van der Waals surface area contributed by atoms with E-state index in [-0.39, 0.29) is 23.9 Å². The fraction of sp³-hybridized carbons (Fsp3) is 0.867. The molecule has 0 spiro atoms. The SMILES string of the molecule is C[C@@H]1[C@@H]2CC(C)(C)CC2=C(CO)[C@H]2CO[C@]1(O)C2. The van der Waals surface area contributed by atoms with Crippen LogP contribution >= 0.6 is 0 Å². The van der Waals surface area contributed by atoms with Crippen molar-refractivity contribution in [2.24, 2.45) is 23.2 Å². The van der Waals surface area contributed by atoms with Crippen LogP contribution in [0.4, 0.5) is 0 Å². The zero-order valence-corrected chi connectivity index (χ0v) is 11.6. The molecule has 3 nitrogen and oxygen atoms in total. The van der Waals surface area contributed by atoms with Crippen molar-refractivity contribution < 1.29 is 14.9 Å². The number of allylic oxidation sites excluding steroid dienone is 1. The van der Waals surface area contributed by atoms with Gasteiger partial charge in [-0.05, 0) is 29.7 Å². The predicted molar refractivity (Wildman–Crippen MR) is 68.8 cm³/mol. The van der Waals surface area contributed by atoms with Crippen LogP contribution in [0.3, 0.4) is 0 Å². The van der Waals surface area contributed by atoms with Gasteiger partial charge in [0.25, 0.3) is 0 Å². The molecule has 0 unspecified atom stereocenters. The third-order valence-electron chi connectivity index (χ3n) is 5.35. The molecule has 102 valence electrons. The van der Waals surface area contributed by atoms with E-state index in [9.17, 15) is 10.2 Å². The first-order valence-corrected chi connectivity index (χ1v) is 7.05. The maximum absolute atomic E-state index is 10.7. The Bertz CT molecular complexity index is 399. The number of rotatable bonds is 1. The third-order valence-corrected chi connectivity index (χ3v) is 5.35. The van der Waals surface area contributed by atoms with E-state index in [0.29, 0.717) is 18.9 Å². The zero-order chi connectivity index (χ0) is 13.1. The van der Waals surface area contributed by atoms with E-state index in [1.165, 1.54) is 5.57 Å². The Morgan fingerprint density at radius 1 is 1.33 bits per heavy atom. The Labute approximate surface area is 109 Å². The van der Waals surface area contributed by atoms with Crippen LogP contribution in [0.1, 0.15) is 40.0 Å². The largest absolute Gasteiger partial charge is 0.392 e. The van der Waals surface area contributed by atoms with Gasteiger partial charge < -0.3 is 14.9 Å². The normalized spacial score (nSPS) is 46.2. The molecule has 0 radical (unpaired) electrons. The van der Waals surface area contributed by atoms with Gasteiger partial charge in [-0.25, -0.2) is 0 Å². The quantitative estimate of drug-likeness (QED) is 0.703. The summed E-state index contributed by atoms with van der Waals surface area (Å²) in [7, 11) is 0. The topological polar surface area (TPSA) is 49.7 Å². The maximum Gasteiger partial charge on any atom is 0.169 e. The smallest absolute Gasteiger partial charge is 0.169 e. The summed E-state index contributed by atoms with van der Waals surface area (Å²) in [5, 5.41) is 20.4. The molecule has 1 saturated carbocycles.